The Hall–Kier alpha value is -5.99. The van der Waals surface area contributed by atoms with E-state index in [0.29, 0.717) is 0 Å². The highest BCUT2D eigenvalue weighted by molar-refractivity contribution is 8.00. The monoisotopic (exact) mass is 754 g/mol. The van der Waals surface area contributed by atoms with E-state index in [4.69, 9.17) is 13.6 Å². The number of hydrogen-bond acceptors (Lipinski definition) is 6. The standard InChI is InChI=1S/C48H23BO3S3/c1-2-12-24(13-3-1)25-22-32-40-35(23-25)55-48-42(46-38(28-16-6-10-20-33(28)53-46)37-27-15-5-9-19-31(27)51-44(37)48)49(40)41-43-36(26-14-4-8-18-30(26)50-43)39-29-17-7-11-21-34(29)54-47(39)45(41)52-32/h1-23H. The van der Waals surface area contributed by atoms with Crippen LogP contribution in [0.25, 0.3) is 95.3 Å². The van der Waals surface area contributed by atoms with Crippen molar-refractivity contribution in [2.75, 3.05) is 0 Å². The van der Waals surface area contributed by atoms with E-state index in [1.807, 2.05) is 34.4 Å². The number of fused-ring (bicyclic) bond motifs is 22. The molecule has 14 rings (SSSR count). The molecule has 0 fully saturated rings. The van der Waals surface area contributed by atoms with Crippen LogP contribution in [0.2, 0.25) is 0 Å². The largest absolute Gasteiger partial charge is 0.457 e. The van der Waals surface area contributed by atoms with Gasteiger partial charge in [-0.1, -0.05) is 115 Å². The number of hydrogen-bond donors (Lipinski definition) is 0. The molecule has 6 heterocycles. The molecule has 0 unspecified atom stereocenters. The van der Waals surface area contributed by atoms with E-state index in [-0.39, 0.29) is 6.71 Å². The van der Waals surface area contributed by atoms with Crippen molar-refractivity contribution < 1.29 is 13.6 Å². The Morgan fingerprint density at radius 1 is 0.455 bits per heavy atom. The number of thiophene rings is 2. The normalized spacial score (nSPS) is 13.5. The van der Waals surface area contributed by atoms with Gasteiger partial charge >= 0.3 is 0 Å². The summed E-state index contributed by atoms with van der Waals surface area (Å²) in [5.41, 5.74) is 9.51. The number of ether oxygens (including phenoxy) is 1. The summed E-state index contributed by atoms with van der Waals surface area (Å²) in [7, 11) is 0. The van der Waals surface area contributed by atoms with E-state index in [1.54, 1.807) is 0 Å². The van der Waals surface area contributed by atoms with Gasteiger partial charge in [0.25, 0.3) is 6.71 Å². The fraction of sp³-hybridized carbons (Fsp3) is 0. The smallest absolute Gasteiger partial charge is 0.260 e. The first-order valence-electron chi connectivity index (χ1n) is 18.4. The minimum absolute atomic E-state index is 0.166. The minimum atomic E-state index is -0.166. The number of para-hydroxylation sites is 2. The Morgan fingerprint density at radius 3 is 1.76 bits per heavy atom. The maximum atomic E-state index is 7.37. The van der Waals surface area contributed by atoms with Crippen LogP contribution < -0.4 is 21.1 Å². The molecule has 12 aromatic rings. The van der Waals surface area contributed by atoms with Gasteiger partial charge in [-0.25, -0.2) is 0 Å². The van der Waals surface area contributed by atoms with Crippen LogP contribution >= 0.6 is 34.4 Å². The van der Waals surface area contributed by atoms with Crippen molar-refractivity contribution in [1.29, 1.82) is 0 Å². The summed E-state index contributed by atoms with van der Waals surface area (Å²) in [6.07, 6.45) is 0. The molecule has 8 aromatic carbocycles. The van der Waals surface area contributed by atoms with Gasteiger partial charge < -0.3 is 13.6 Å². The molecule has 4 aromatic heterocycles. The van der Waals surface area contributed by atoms with Crippen molar-refractivity contribution in [3.05, 3.63) is 140 Å². The van der Waals surface area contributed by atoms with Crippen LogP contribution in [0, 0.1) is 0 Å². The van der Waals surface area contributed by atoms with Crippen molar-refractivity contribution in [2.24, 2.45) is 0 Å². The molecule has 0 aliphatic carbocycles. The Bertz CT molecular complexity index is 3460. The summed E-state index contributed by atoms with van der Waals surface area (Å²) >= 11 is 5.54. The summed E-state index contributed by atoms with van der Waals surface area (Å²) in [4.78, 5) is 2.36. The molecule has 2 aliphatic rings. The third kappa shape index (κ3) is 3.69. The first kappa shape index (κ1) is 29.4. The van der Waals surface area contributed by atoms with Crippen LogP contribution in [-0.2, 0) is 0 Å². The van der Waals surface area contributed by atoms with Crippen LogP contribution in [0.4, 0.5) is 0 Å². The molecule has 0 saturated carbocycles. The zero-order valence-electron chi connectivity index (χ0n) is 28.8. The lowest BCUT2D eigenvalue weighted by atomic mass is 9.35. The molecule has 0 bridgehead atoms. The van der Waals surface area contributed by atoms with E-state index in [2.05, 4.69) is 140 Å². The lowest BCUT2D eigenvalue weighted by molar-refractivity contribution is 0.492. The minimum Gasteiger partial charge on any atom is -0.457 e. The maximum Gasteiger partial charge on any atom is 0.260 e. The summed E-state index contributed by atoms with van der Waals surface area (Å²) in [6.45, 7) is -0.166. The molecule has 0 atom stereocenters. The van der Waals surface area contributed by atoms with Crippen LogP contribution in [0.15, 0.2) is 158 Å². The fourth-order valence-corrected chi connectivity index (χ4v) is 13.4. The van der Waals surface area contributed by atoms with Gasteiger partial charge in [0, 0.05) is 67.5 Å². The van der Waals surface area contributed by atoms with Gasteiger partial charge in [-0.3, -0.25) is 0 Å². The molecular weight excluding hydrogens is 732 g/mol. The second-order valence-corrected chi connectivity index (χ2v) is 17.7. The first-order chi connectivity index (χ1) is 27.3. The zero-order chi connectivity index (χ0) is 35.5. The van der Waals surface area contributed by atoms with Gasteiger partial charge in [-0.15, -0.1) is 22.7 Å². The predicted molar refractivity (Wildman–Crippen MR) is 234 cm³/mol. The zero-order valence-corrected chi connectivity index (χ0v) is 31.3. The van der Waals surface area contributed by atoms with Crippen molar-refractivity contribution in [2.45, 2.75) is 9.79 Å². The van der Waals surface area contributed by atoms with Crippen LogP contribution in [-0.4, -0.2) is 6.71 Å². The van der Waals surface area contributed by atoms with E-state index < -0.39 is 0 Å². The maximum absolute atomic E-state index is 7.37. The lowest BCUT2D eigenvalue weighted by Crippen LogP contribution is -2.58. The number of benzene rings is 8. The molecule has 2 aliphatic heterocycles. The Kier molecular flexibility index (Phi) is 5.56. The molecule has 254 valence electrons. The predicted octanol–water partition coefficient (Wildman–Crippen LogP) is 13.0. The summed E-state index contributed by atoms with van der Waals surface area (Å²) < 4.78 is 26.4. The Balaban J connectivity index is 1.23. The third-order valence-corrected chi connectivity index (χ3v) is 15.3. The highest BCUT2D eigenvalue weighted by atomic mass is 32.2. The van der Waals surface area contributed by atoms with E-state index in [9.17, 15) is 0 Å². The Morgan fingerprint density at radius 2 is 1.04 bits per heavy atom. The van der Waals surface area contributed by atoms with E-state index >= 15 is 0 Å². The summed E-state index contributed by atoms with van der Waals surface area (Å²) in [5, 5.41) is 9.59. The second-order valence-electron chi connectivity index (χ2n) is 14.6. The van der Waals surface area contributed by atoms with Crippen molar-refractivity contribution in [3.8, 4) is 22.6 Å². The van der Waals surface area contributed by atoms with Gasteiger partial charge in [0.1, 0.15) is 33.8 Å². The van der Waals surface area contributed by atoms with Gasteiger partial charge in [-0.2, -0.15) is 0 Å². The van der Waals surface area contributed by atoms with Crippen LogP contribution in [0.3, 0.4) is 0 Å². The topological polar surface area (TPSA) is 35.5 Å². The van der Waals surface area contributed by atoms with Crippen LogP contribution in [0.5, 0.6) is 11.5 Å². The van der Waals surface area contributed by atoms with Crippen LogP contribution in [0.1, 0.15) is 0 Å². The van der Waals surface area contributed by atoms with Gasteiger partial charge in [0.15, 0.2) is 0 Å². The van der Waals surface area contributed by atoms with Gasteiger partial charge in [-0.05, 0) is 58.5 Å². The molecule has 55 heavy (non-hydrogen) atoms. The number of furan rings is 2. The second kappa shape index (κ2) is 10.4. The molecule has 7 heteroatoms. The fourth-order valence-electron chi connectivity index (χ4n) is 9.56. The Labute approximate surface area is 325 Å². The SMILES string of the molecule is c1ccc(-c2cc3c4c(c2)Sc2c(c5sc6ccccc6c5c5c2oc2ccccc25)B4c2c(c4sc5ccccc5c4c4c2oc2ccccc24)O3)cc1. The molecule has 0 saturated heterocycles. The van der Waals surface area contributed by atoms with Gasteiger partial charge in [0.2, 0.25) is 0 Å². The van der Waals surface area contributed by atoms with Gasteiger partial charge in [0.05, 0.1) is 9.60 Å². The first-order valence-corrected chi connectivity index (χ1v) is 20.9. The third-order valence-electron chi connectivity index (χ3n) is 11.8. The molecule has 0 amide bonds. The summed E-state index contributed by atoms with van der Waals surface area (Å²) in [5.74, 6) is 1.80. The van der Waals surface area contributed by atoms with Crippen molar-refractivity contribution in [3.63, 3.8) is 0 Å². The summed E-state index contributed by atoms with van der Waals surface area (Å²) in [6, 6.07) is 49.9. The van der Waals surface area contributed by atoms with E-state index in [1.165, 1.54) is 61.7 Å². The highest BCUT2D eigenvalue weighted by Crippen LogP contribution is 2.53. The van der Waals surface area contributed by atoms with Crippen molar-refractivity contribution in [1.82, 2.24) is 0 Å². The molecular formula is C48H23BO3S3. The van der Waals surface area contributed by atoms with Crippen molar-refractivity contribution >= 4 is 142 Å². The average Bonchev–Trinajstić information content (AvgIpc) is 4.01. The van der Waals surface area contributed by atoms with E-state index in [0.717, 1.165) is 71.3 Å². The average molecular weight is 755 g/mol. The lowest BCUT2D eigenvalue weighted by Gasteiger charge is -2.34. The molecule has 0 N–H and O–H groups in total. The molecule has 3 nitrogen and oxygen atoms in total. The number of rotatable bonds is 1. The molecule has 0 spiro atoms. The quantitative estimate of drug-likeness (QED) is 0.156. The highest BCUT2D eigenvalue weighted by Gasteiger charge is 2.46. The molecule has 0 radical (unpaired) electrons.